The number of para-hydroxylation sites is 2. The van der Waals surface area contributed by atoms with E-state index in [9.17, 15) is 4.79 Å². The highest BCUT2D eigenvalue weighted by Crippen LogP contribution is 2.31. The van der Waals surface area contributed by atoms with Gasteiger partial charge in [0.1, 0.15) is 5.69 Å². The van der Waals surface area contributed by atoms with Gasteiger partial charge in [-0.05, 0) is 36.8 Å². The van der Waals surface area contributed by atoms with E-state index in [-0.39, 0.29) is 17.5 Å². The van der Waals surface area contributed by atoms with Crippen LogP contribution in [0.5, 0.6) is 0 Å². The Labute approximate surface area is 155 Å². The monoisotopic (exact) mass is 372 g/mol. The maximum Gasteiger partial charge on any atom is 0.274 e. The minimum absolute atomic E-state index is 0.226. The minimum Gasteiger partial charge on any atom is -0.322 e. The largest absolute Gasteiger partial charge is 0.322 e. The van der Waals surface area contributed by atoms with Gasteiger partial charge in [0, 0.05) is 11.9 Å². The number of amides is 1. The molecule has 1 amide bonds. The molecule has 2 N–H and O–H groups in total. The van der Waals surface area contributed by atoms with Crippen LogP contribution >= 0.6 is 23.2 Å². The third-order valence-corrected chi connectivity index (χ3v) is 4.11. The van der Waals surface area contributed by atoms with E-state index in [0.29, 0.717) is 15.7 Å². The fraction of sp³-hybridized carbons (Fsp3) is 0.0556. The third-order valence-electron chi connectivity index (χ3n) is 3.48. The van der Waals surface area contributed by atoms with Gasteiger partial charge in [-0.3, -0.25) is 4.79 Å². The molecule has 0 aliphatic rings. The molecule has 1 heterocycles. The first kappa shape index (κ1) is 17.2. The summed E-state index contributed by atoms with van der Waals surface area (Å²) >= 11 is 12.2. The zero-order valence-electron chi connectivity index (χ0n) is 13.3. The number of carbonyl (C=O) groups excluding carboxylic acids is 1. The summed E-state index contributed by atoms with van der Waals surface area (Å²) < 4.78 is 0. The first-order valence-electron chi connectivity index (χ1n) is 7.45. The van der Waals surface area contributed by atoms with E-state index >= 15 is 0 Å². The Hall–Kier alpha value is -2.63. The Balaban J connectivity index is 1.82. The molecule has 0 aliphatic heterocycles. The molecular formula is C18H14Cl2N4O. The highest BCUT2D eigenvalue weighted by molar-refractivity contribution is 6.39. The number of nitrogens with one attached hydrogen (secondary N) is 2. The summed E-state index contributed by atoms with van der Waals surface area (Å²) in [5.74, 6) is -0.0996. The van der Waals surface area contributed by atoms with Crippen LogP contribution in [-0.2, 0) is 0 Å². The lowest BCUT2D eigenvalue weighted by Gasteiger charge is -2.10. The molecule has 126 valence electrons. The molecule has 1 aromatic heterocycles. The summed E-state index contributed by atoms with van der Waals surface area (Å²) in [7, 11) is 0. The SMILES string of the molecule is Cc1ccccc1NC(=O)c1ccnc(Nc2c(Cl)cccc2Cl)n1. The number of benzene rings is 2. The maximum absolute atomic E-state index is 12.4. The van der Waals surface area contributed by atoms with E-state index in [4.69, 9.17) is 23.2 Å². The second-order valence-corrected chi connectivity index (χ2v) is 6.07. The molecule has 0 fully saturated rings. The van der Waals surface area contributed by atoms with Gasteiger partial charge < -0.3 is 10.6 Å². The van der Waals surface area contributed by atoms with E-state index in [1.165, 1.54) is 12.3 Å². The van der Waals surface area contributed by atoms with Crippen LogP contribution in [0.2, 0.25) is 10.0 Å². The highest BCUT2D eigenvalue weighted by atomic mass is 35.5. The first-order valence-corrected chi connectivity index (χ1v) is 8.21. The molecule has 2 aromatic carbocycles. The molecule has 0 unspecified atom stereocenters. The van der Waals surface area contributed by atoms with Crippen molar-refractivity contribution in [2.45, 2.75) is 6.92 Å². The van der Waals surface area contributed by atoms with Crippen LogP contribution in [0.4, 0.5) is 17.3 Å². The average Bonchev–Trinajstić information content (AvgIpc) is 2.60. The van der Waals surface area contributed by atoms with Gasteiger partial charge in [0.05, 0.1) is 15.7 Å². The summed E-state index contributed by atoms with van der Waals surface area (Å²) in [5.41, 5.74) is 2.41. The van der Waals surface area contributed by atoms with Crippen LogP contribution < -0.4 is 10.6 Å². The van der Waals surface area contributed by atoms with Crippen LogP contribution in [-0.4, -0.2) is 15.9 Å². The molecule has 0 saturated carbocycles. The van der Waals surface area contributed by atoms with Gasteiger partial charge >= 0.3 is 0 Å². The van der Waals surface area contributed by atoms with Crippen molar-refractivity contribution in [2.24, 2.45) is 0 Å². The molecule has 0 aliphatic carbocycles. The summed E-state index contributed by atoms with van der Waals surface area (Å²) in [4.78, 5) is 20.8. The number of nitrogens with zero attached hydrogens (tertiary/aromatic N) is 2. The Morgan fingerprint density at radius 2 is 1.72 bits per heavy atom. The molecule has 0 atom stereocenters. The molecule has 0 saturated heterocycles. The van der Waals surface area contributed by atoms with Crippen molar-refractivity contribution in [2.75, 3.05) is 10.6 Å². The zero-order valence-corrected chi connectivity index (χ0v) is 14.8. The van der Waals surface area contributed by atoms with E-state index in [0.717, 1.165) is 11.3 Å². The lowest BCUT2D eigenvalue weighted by molar-refractivity contribution is 0.102. The lowest BCUT2D eigenvalue weighted by Crippen LogP contribution is -2.15. The zero-order chi connectivity index (χ0) is 17.8. The lowest BCUT2D eigenvalue weighted by atomic mass is 10.2. The van der Waals surface area contributed by atoms with Gasteiger partial charge in [-0.25, -0.2) is 9.97 Å². The van der Waals surface area contributed by atoms with Gasteiger partial charge in [0.25, 0.3) is 5.91 Å². The van der Waals surface area contributed by atoms with Crippen LogP contribution in [0, 0.1) is 6.92 Å². The van der Waals surface area contributed by atoms with Gasteiger partial charge in [-0.1, -0.05) is 47.5 Å². The van der Waals surface area contributed by atoms with Crippen LogP contribution in [0.1, 0.15) is 16.1 Å². The molecular weight excluding hydrogens is 359 g/mol. The number of aromatic nitrogens is 2. The van der Waals surface area contributed by atoms with Crippen molar-refractivity contribution in [1.82, 2.24) is 9.97 Å². The second kappa shape index (κ2) is 7.51. The van der Waals surface area contributed by atoms with Crippen LogP contribution in [0.3, 0.4) is 0 Å². The molecule has 0 bridgehead atoms. The van der Waals surface area contributed by atoms with Crippen LogP contribution in [0.15, 0.2) is 54.7 Å². The Morgan fingerprint density at radius 3 is 2.44 bits per heavy atom. The number of anilines is 3. The number of hydrogen-bond donors (Lipinski definition) is 2. The normalized spacial score (nSPS) is 10.4. The number of aryl methyl sites for hydroxylation is 1. The molecule has 3 rings (SSSR count). The van der Waals surface area contributed by atoms with E-state index < -0.39 is 0 Å². The Morgan fingerprint density at radius 1 is 1.00 bits per heavy atom. The number of rotatable bonds is 4. The summed E-state index contributed by atoms with van der Waals surface area (Å²) in [6.07, 6.45) is 1.49. The number of carbonyl (C=O) groups is 1. The molecule has 5 nitrogen and oxygen atoms in total. The summed E-state index contributed by atoms with van der Waals surface area (Å²) in [6.45, 7) is 1.92. The number of halogens is 2. The topological polar surface area (TPSA) is 66.9 Å². The molecule has 0 radical (unpaired) electrons. The third kappa shape index (κ3) is 4.07. The maximum atomic E-state index is 12.4. The van der Waals surface area contributed by atoms with Crippen molar-refractivity contribution < 1.29 is 4.79 Å². The number of hydrogen-bond acceptors (Lipinski definition) is 4. The molecule has 25 heavy (non-hydrogen) atoms. The Bertz CT molecular complexity index is 910. The fourth-order valence-corrected chi connectivity index (χ4v) is 2.67. The van der Waals surface area contributed by atoms with E-state index in [1.54, 1.807) is 18.2 Å². The molecule has 3 aromatic rings. The van der Waals surface area contributed by atoms with Gasteiger partial charge in [0.2, 0.25) is 5.95 Å². The first-order chi connectivity index (χ1) is 12.0. The van der Waals surface area contributed by atoms with Crippen molar-refractivity contribution in [3.05, 3.63) is 76.0 Å². The van der Waals surface area contributed by atoms with Crippen LogP contribution in [0.25, 0.3) is 0 Å². The van der Waals surface area contributed by atoms with E-state index in [1.807, 2.05) is 31.2 Å². The smallest absolute Gasteiger partial charge is 0.274 e. The summed E-state index contributed by atoms with van der Waals surface area (Å²) in [5, 5.41) is 6.65. The van der Waals surface area contributed by atoms with Crippen molar-refractivity contribution >= 4 is 46.4 Å². The summed E-state index contributed by atoms with van der Waals surface area (Å²) in [6, 6.07) is 14.2. The van der Waals surface area contributed by atoms with Crippen molar-refractivity contribution in [3.63, 3.8) is 0 Å². The molecule has 7 heteroatoms. The minimum atomic E-state index is -0.329. The average molecular weight is 373 g/mol. The van der Waals surface area contributed by atoms with Gasteiger partial charge in [0.15, 0.2) is 0 Å². The molecule has 0 spiro atoms. The Kier molecular flexibility index (Phi) is 5.16. The highest BCUT2D eigenvalue weighted by Gasteiger charge is 2.12. The quantitative estimate of drug-likeness (QED) is 0.669. The van der Waals surface area contributed by atoms with Crippen molar-refractivity contribution in [3.8, 4) is 0 Å². The van der Waals surface area contributed by atoms with E-state index in [2.05, 4.69) is 20.6 Å². The second-order valence-electron chi connectivity index (χ2n) is 5.26. The standard InChI is InChI=1S/C18H14Cl2N4O/c1-11-5-2-3-8-14(11)22-17(25)15-9-10-21-18(23-15)24-16-12(19)6-4-7-13(16)20/h2-10H,1H3,(H,22,25)(H,21,23,24). The van der Waals surface area contributed by atoms with Crippen molar-refractivity contribution in [1.29, 1.82) is 0 Å². The fourth-order valence-electron chi connectivity index (χ4n) is 2.17. The predicted octanol–water partition coefficient (Wildman–Crippen LogP) is 5.09. The van der Waals surface area contributed by atoms with Gasteiger partial charge in [-0.2, -0.15) is 0 Å². The predicted molar refractivity (Wildman–Crippen MR) is 101 cm³/mol. The van der Waals surface area contributed by atoms with Gasteiger partial charge in [-0.15, -0.1) is 0 Å².